The number of nitrogens with one attached hydrogen (secondary N) is 1. The Morgan fingerprint density at radius 3 is 3.08 bits per heavy atom. The van der Waals surface area contributed by atoms with Crippen LogP contribution in [0.15, 0.2) is 9.85 Å². The van der Waals surface area contributed by atoms with Crippen molar-refractivity contribution in [2.75, 3.05) is 13.2 Å². The predicted molar refractivity (Wildman–Crippen MR) is 48.1 cm³/mol. The standard InChI is InChI=1S/C6H6BrFN2OS/c7-4-3-12-10-5(4)6(11)9-2-1-8/h3H,1-2H2,(H,9,11). The molecule has 0 aliphatic carbocycles. The number of carbonyl (C=O) groups is 1. The van der Waals surface area contributed by atoms with Crippen LogP contribution in [0.25, 0.3) is 0 Å². The van der Waals surface area contributed by atoms with Crippen LogP contribution in [0.1, 0.15) is 10.5 Å². The minimum absolute atomic E-state index is 0.0306. The molecule has 3 nitrogen and oxygen atoms in total. The molecule has 0 bridgehead atoms. The summed E-state index contributed by atoms with van der Waals surface area (Å²) in [5.74, 6) is -0.347. The van der Waals surface area contributed by atoms with Gasteiger partial charge in [0.05, 0.1) is 4.47 Å². The van der Waals surface area contributed by atoms with Crippen molar-refractivity contribution < 1.29 is 9.18 Å². The first-order valence-corrected chi connectivity index (χ1v) is 4.82. The first-order valence-electron chi connectivity index (χ1n) is 3.19. The summed E-state index contributed by atoms with van der Waals surface area (Å²) < 4.78 is 16.1. The summed E-state index contributed by atoms with van der Waals surface area (Å²) in [5.41, 5.74) is 0.313. The van der Waals surface area contributed by atoms with Crippen LogP contribution in [0.5, 0.6) is 0 Å². The van der Waals surface area contributed by atoms with E-state index in [1.165, 1.54) is 11.5 Å². The van der Waals surface area contributed by atoms with E-state index < -0.39 is 6.67 Å². The van der Waals surface area contributed by atoms with Crippen molar-refractivity contribution in [3.05, 3.63) is 15.5 Å². The van der Waals surface area contributed by atoms with Gasteiger partial charge in [0.25, 0.3) is 5.91 Å². The quantitative estimate of drug-likeness (QED) is 0.889. The van der Waals surface area contributed by atoms with Crippen LogP contribution < -0.4 is 5.32 Å². The molecule has 0 aliphatic rings. The third kappa shape index (κ3) is 2.25. The molecule has 1 amide bonds. The maximum absolute atomic E-state index is 11.7. The number of nitrogens with zero attached hydrogens (tertiary/aromatic N) is 1. The Morgan fingerprint density at radius 1 is 1.83 bits per heavy atom. The zero-order chi connectivity index (χ0) is 8.97. The fraction of sp³-hybridized carbons (Fsp3) is 0.333. The van der Waals surface area contributed by atoms with Crippen LogP contribution in [-0.4, -0.2) is 23.5 Å². The largest absolute Gasteiger partial charge is 0.348 e. The number of amides is 1. The van der Waals surface area contributed by atoms with Gasteiger partial charge in [0.1, 0.15) is 6.67 Å². The Bertz CT molecular complexity index is 278. The van der Waals surface area contributed by atoms with Gasteiger partial charge in [-0.2, -0.15) is 4.37 Å². The van der Waals surface area contributed by atoms with Gasteiger partial charge in [-0.25, -0.2) is 4.39 Å². The predicted octanol–water partition coefficient (Wildman–Crippen LogP) is 1.60. The number of rotatable bonds is 3. The monoisotopic (exact) mass is 252 g/mol. The Morgan fingerprint density at radius 2 is 2.58 bits per heavy atom. The molecule has 0 fully saturated rings. The fourth-order valence-corrected chi connectivity index (χ4v) is 1.80. The molecule has 0 unspecified atom stereocenters. The lowest BCUT2D eigenvalue weighted by Crippen LogP contribution is -2.25. The zero-order valence-corrected chi connectivity index (χ0v) is 8.41. The average molecular weight is 253 g/mol. The summed E-state index contributed by atoms with van der Waals surface area (Å²) in [6.45, 7) is -0.531. The second kappa shape index (κ2) is 4.51. The topological polar surface area (TPSA) is 42.0 Å². The van der Waals surface area contributed by atoms with Crippen LogP contribution in [0.3, 0.4) is 0 Å². The molecule has 1 N–H and O–H groups in total. The van der Waals surface area contributed by atoms with Crippen molar-refractivity contribution in [2.45, 2.75) is 0 Å². The molecule has 1 aromatic heterocycles. The highest BCUT2D eigenvalue weighted by Crippen LogP contribution is 2.16. The molecule has 1 heterocycles. The maximum atomic E-state index is 11.7. The van der Waals surface area contributed by atoms with E-state index in [2.05, 4.69) is 25.6 Å². The van der Waals surface area contributed by atoms with Crippen LogP contribution in [0.4, 0.5) is 4.39 Å². The summed E-state index contributed by atoms with van der Waals surface area (Å²) in [6, 6.07) is 0. The lowest BCUT2D eigenvalue weighted by molar-refractivity contribution is 0.0946. The van der Waals surface area contributed by atoms with Gasteiger partial charge >= 0.3 is 0 Å². The molecule has 6 heteroatoms. The molecule has 0 saturated carbocycles. The lowest BCUT2D eigenvalue weighted by atomic mass is 10.4. The SMILES string of the molecule is O=C(NCCF)c1nscc1Br. The summed E-state index contributed by atoms with van der Waals surface area (Å²) in [5, 5.41) is 4.07. The van der Waals surface area contributed by atoms with Gasteiger partial charge in [-0.05, 0) is 27.5 Å². The molecule has 0 atom stereocenters. The van der Waals surface area contributed by atoms with E-state index >= 15 is 0 Å². The molecule has 1 aromatic rings. The van der Waals surface area contributed by atoms with Crippen molar-refractivity contribution >= 4 is 33.4 Å². The molecular weight excluding hydrogens is 247 g/mol. The van der Waals surface area contributed by atoms with Crippen LogP contribution in [0, 0.1) is 0 Å². The van der Waals surface area contributed by atoms with E-state index in [1.54, 1.807) is 5.38 Å². The van der Waals surface area contributed by atoms with Crippen LogP contribution in [0.2, 0.25) is 0 Å². The molecule has 66 valence electrons. The number of halogens is 2. The Balaban J connectivity index is 2.59. The second-order valence-electron chi connectivity index (χ2n) is 1.96. The Hall–Kier alpha value is -0.490. The highest BCUT2D eigenvalue weighted by Gasteiger charge is 2.11. The van der Waals surface area contributed by atoms with E-state index in [0.29, 0.717) is 10.2 Å². The molecule has 12 heavy (non-hydrogen) atoms. The fourth-order valence-electron chi connectivity index (χ4n) is 0.619. The van der Waals surface area contributed by atoms with Crippen LogP contribution in [-0.2, 0) is 0 Å². The number of carbonyl (C=O) groups excluding carboxylic acids is 1. The molecular formula is C6H6BrFN2OS. The molecule has 0 saturated heterocycles. The van der Waals surface area contributed by atoms with E-state index in [4.69, 9.17) is 0 Å². The third-order valence-corrected chi connectivity index (χ3v) is 2.66. The Kier molecular flexibility index (Phi) is 3.61. The summed E-state index contributed by atoms with van der Waals surface area (Å²) in [6.07, 6.45) is 0. The smallest absolute Gasteiger partial charge is 0.272 e. The lowest BCUT2D eigenvalue weighted by Gasteiger charge is -1.98. The molecule has 1 rings (SSSR count). The highest BCUT2D eigenvalue weighted by atomic mass is 79.9. The summed E-state index contributed by atoms with van der Waals surface area (Å²) in [4.78, 5) is 11.1. The van der Waals surface area contributed by atoms with Crippen molar-refractivity contribution in [3.8, 4) is 0 Å². The van der Waals surface area contributed by atoms with E-state index in [0.717, 1.165) is 0 Å². The molecule has 0 aromatic carbocycles. The van der Waals surface area contributed by atoms with Crippen molar-refractivity contribution in [3.63, 3.8) is 0 Å². The first kappa shape index (κ1) is 9.60. The minimum atomic E-state index is -0.562. The average Bonchev–Trinajstić information content (AvgIpc) is 2.47. The van der Waals surface area contributed by atoms with E-state index in [9.17, 15) is 9.18 Å². The highest BCUT2D eigenvalue weighted by molar-refractivity contribution is 9.10. The van der Waals surface area contributed by atoms with Crippen molar-refractivity contribution in [1.29, 1.82) is 0 Å². The van der Waals surface area contributed by atoms with Crippen molar-refractivity contribution in [1.82, 2.24) is 9.69 Å². The van der Waals surface area contributed by atoms with Gasteiger partial charge in [-0.1, -0.05) is 0 Å². The summed E-state index contributed by atoms with van der Waals surface area (Å²) in [7, 11) is 0. The van der Waals surface area contributed by atoms with E-state index in [1.807, 2.05) is 0 Å². The van der Waals surface area contributed by atoms with Gasteiger partial charge in [0, 0.05) is 11.9 Å². The van der Waals surface area contributed by atoms with Crippen molar-refractivity contribution in [2.24, 2.45) is 0 Å². The molecule has 0 spiro atoms. The normalized spacial score (nSPS) is 9.83. The van der Waals surface area contributed by atoms with Gasteiger partial charge in [-0.3, -0.25) is 4.79 Å². The van der Waals surface area contributed by atoms with Gasteiger partial charge in [0.2, 0.25) is 0 Å². The van der Waals surface area contributed by atoms with E-state index in [-0.39, 0.29) is 12.5 Å². The number of hydrogen-bond acceptors (Lipinski definition) is 3. The van der Waals surface area contributed by atoms with Gasteiger partial charge < -0.3 is 5.32 Å². The number of hydrogen-bond donors (Lipinski definition) is 1. The molecule has 0 aliphatic heterocycles. The zero-order valence-electron chi connectivity index (χ0n) is 6.01. The third-order valence-electron chi connectivity index (χ3n) is 1.12. The number of alkyl halides is 1. The van der Waals surface area contributed by atoms with Gasteiger partial charge in [0.15, 0.2) is 5.69 Å². The maximum Gasteiger partial charge on any atom is 0.272 e. The van der Waals surface area contributed by atoms with Crippen LogP contribution >= 0.6 is 27.5 Å². The Labute approximate surface area is 81.3 Å². The van der Waals surface area contributed by atoms with Gasteiger partial charge in [-0.15, -0.1) is 0 Å². The molecule has 0 radical (unpaired) electrons. The number of aromatic nitrogens is 1. The first-order chi connectivity index (χ1) is 5.75. The minimum Gasteiger partial charge on any atom is -0.348 e. The summed E-state index contributed by atoms with van der Waals surface area (Å²) >= 11 is 4.33. The second-order valence-corrected chi connectivity index (χ2v) is 3.44.